The number of benzene rings is 1. The van der Waals surface area contributed by atoms with E-state index in [9.17, 15) is 0 Å². The average molecular weight is 178 g/mol. The van der Waals surface area contributed by atoms with Gasteiger partial charge in [0.1, 0.15) is 18.5 Å². The van der Waals surface area contributed by atoms with Crippen molar-refractivity contribution in [3.63, 3.8) is 0 Å². The lowest BCUT2D eigenvalue weighted by atomic mass is 10.2. The molecular formula is C11H14O2. The second-order valence-electron chi connectivity index (χ2n) is 3.50. The van der Waals surface area contributed by atoms with Gasteiger partial charge in [0, 0.05) is 0 Å². The molecule has 1 fully saturated rings. The maximum Gasteiger partial charge on any atom is 0.119 e. The van der Waals surface area contributed by atoms with Crippen molar-refractivity contribution in [2.75, 3.05) is 6.61 Å². The fraction of sp³-hybridized carbons (Fsp3) is 0.455. The van der Waals surface area contributed by atoms with Gasteiger partial charge in [0.15, 0.2) is 0 Å². The van der Waals surface area contributed by atoms with E-state index in [1.54, 1.807) is 0 Å². The molecular weight excluding hydrogens is 164 g/mol. The van der Waals surface area contributed by atoms with Crippen LogP contribution >= 0.6 is 0 Å². The third-order valence-electron chi connectivity index (χ3n) is 2.27. The lowest BCUT2D eigenvalue weighted by Crippen LogP contribution is -2.05. The van der Waals surface area contributed by atoms with Gasteiger partial charge in [-0.05, 0) is 26.0 Å². The molecule has 2 rings (SSSR count). The SMILES string of the molecule is Cc1ccc(OC[C@@H]2O[C@H]2C)cc1. The quantitative estimate of drug-likeness (QED) is 0.661. The number of hydrogen-bond acceptors (Lipinski definition) is 2. The molecule has 1 heterocycles. The minimum Gasteiger partial charge on any atom is -0.491 e. The minimum absolute atomic E-state index is 0.307. The largest absolute Gasteiger partial charge is 0.491 e. The zero-order valence-electron chi connectivity index (χ0n) is 7.99. The van der Waals surface area contributed by atoms with Gasteiger partial charge < -0.3 is 9.47 Å². The second-order valence-corrected chi connectivity index (χ2v) is 3.50. The molecule has 2 heteroatoms. The minimum atomic E-state index is 0.307. The van der Waals surface area contributed by atoms with Crippen LogP contribution in [0.25, 0.3) is 0 Å². The van der Waals surface area contributed by atoms with Crippen molar-refractivity contribution >= 4 is 0 Å². The summed E-state index contributed by atoms with van der Waals surface area (Å²) in [6.07, 6.45) is 0.687. The van der Waals surface area contributed by atoms with Gasteiger partial charge in [-0.2, -0.15) is 0 Å². The van der Waals surface area contributed by atoms with E-state index in [1.807, 2.05) is 24.3 Å². The highest BCUT2D eigenvalue weighted by molar-refractivity contribution is 5.26. The van der Waals surface area contributed by atoms with Crippen LogP contribution in [-0.2, 0) is 4.74 Å². The fourth-order valence-electron chi connectivity index (χ4n) is 1.22. The van der Waals surface area contributed by atoms with Crippen LogP contribution < -0.4 is 4.74 Å². The molecule has 0 aliphatic carbocycles. The lowest BCUT2D eigenvalue weighted by Gasteiger charge is -2.03. The molecule has 2 atom stereocenters. The van der Waals surface area contributed by atoms with Gasteiger partial charge in [0.05, 0.1) is 6.10 Å². The summed E-state index contributed by atoms with van der Waals surface area (Å²) < 4.78 is 10.8. The number of hydrogen-bond donors (Lipinski definition) is 0. The van der Waals surface area contributed by atoms with Crippen LogP contribution in [0.15, 0.2) is 24.3 Å². The van der Waals surface area contributed by atoms with E-state index in [-0.39, 0.29) is 0 Å². The van der Waals surface area contributed by atoms with Crippen LogP contribution in [0.1, 0.15) is 12.5 Å². The molecule has 70 valence electrons. The van der Waals surface area contributed by atoms with E-state index in [2.05, 4.69) is 13.8 Å². The summed E-state index contributed by atoms with van der Waals surface area (Å²) in [5, 5.41) is 0. The first kappa shape index (κ1) is 8.57. The van der Waals surface area contributed by atoms with Gasteiger partial charge in [-0.1, -0.05) is 17.7 Å². The Morgan fingerprint density at radius 3 is 2.46 bits per heavy atom. The monoisotopic (exact) mass is 178 g/mol. The normalized spacial score (nSPS) is 25.7. The maximum absolute atomic E-state index is 5.53. The summed E-state index contributed by atoms with van der Waals surface area (Å²) in [5.74, 6) is 0.924. The predicted octanol–water partition coefficient (Wildman–Crippen LogP) is 2.16. The zero-order chi connectivity index (χ0) is 9.26. The number of ether oxygens (including phenoxy) is 2. The molecule has 0 N–H and O–H groups in total. The van der Waals surface area contributed by atoms with E-state index in [0.717, 1.165) is 5.75 Å². The van der Waals surface area contributed by atoms with Crippen molar-refractivity contribution < 1.29 is 9.47 Å². The van der Waals surface area contributed by atoms with E-state index in [4.69, 9.17) is 9.47 Å². The Balaban J connectivity index is 1.84. The van der Waals surface area contributed by atoms with Crippen LogP contribution in [0.5, 0.6) is 5.75 Å². The Kier molecular flexibility index (Phi) is 2.23. The number of epoxide rings is 1. The molecule has 0 aromatic heterocycles. The van der Waals surface area contributed by atoms with E-state index >= 15 is 0 Å². The van der Waals surface area contributed by atoms with Gasteiger partial charge >= 0.3 is 0 Å². The average Bonchev–Trinajstić information content (AvgIpc) is 2.81. The number of rotatable bonds is 3. The van der Waals surface area contributed by atoms with Gasteiger partial charge in [-0.3, -0.25) is 0 Å². The second kappa shape index (κ2) is 3.38. The van der Waals surface area contributed by atoms with Crippen molar-refractivity contribution in [1.82, 2.24) is 0 Å². The summed E-state index contributed by atoms with van der Waals surface area (Å²) in [7, 11) is 0. The summed E-state index contributed by atoms with van der Waals surface area (Å²) in [6.45, 7) is 4.79. The van der Waals surface area contributed by atoms with Gasteiger partial charge in [-0.25, -0.2) is 0 Å². The predicted molar refractivity (Wildman–Crippen MR) is 51.0 cm³/mol. The highest BCUT2D eigenvalue weighted by Crippen LogP contribution is 2.22. The topological polar surface area (TPSA) is 21.8 Å². The molecule has 0 unspecified atom stereocenters. The Bertz CT molecular complexity index is 279. The fourth-order valence-corrected chi connectivity index (χ4v) is 1.22. The summed E-state index contributed by atoms with van der Waals surface area (Å²) in [5.41, 5.74) is 1.25. The molecule has 0 amide bonds. The zero-order valence-corrected chi connectivity index (χ0v) is 7.99. The Morgan fingerprint density at radius 2 is 1.92 bits per heavy atom. The Labute approximate surface area is 78.5 Å². The third kappa shape index (κ3) is 2.22. The first-order chi connectivity index (χ1) is 6.25. The smallest absolute Gasteiger partial charge is 0.119 e. The Hall–Kier alpha value is -1.02. The highest BCUT2D eigenvalue weighted by atomic mass is 16.6. The molecule has 0 radical (unpaired) electrons. The molecule has 1 aromatic rings. The van der Waals surface area contributed by atoms with Crippen LogP contribution in [0, 0.1) is 6.92 Å². The van der Waals surface area contributed by atoms with Crippen LogP contribution in [0.2, 0.25) is 0 Å². The summed E-state index contributed by atoms with van der Waals surface area (Å²) in [4.78, 5) is 0. The van der Waals surface area contributed by atoms with Crippen molar-refractivity contribution in [3.05, 3.63) is 29.8 Å². The van der Waals surface area contributed by atoms with Gasteiger partial charge in [-0.15, -0.1) is 0 Å². The van der Waals surface area contributed by atoms with Crippen LogP contribution in [-0.4, -0.2) is 18.8 Å². The molecule has 1 aromatic carbocycles. The summed E-state index contributed by atoms with van der Waals surface area (Å²) in [6, 6.07) is 8.07. The van der Waals surface area contributed by atoms with E-state index in [0.29, 0.717) is 18.8 Å². The van der Waals surface area contributed by atoms with Crippen molar-refractivity contribution in [2.45, 2.75) is 26.1 Å². The van der Waals surface area contributed by atoms with Gasteiger partial charge in [0.25, 0.3) is 0 Å². The molecule has 1 aliphatic rings. The summed E-state index contributed by atoms with van der Waals surface area (Å²) >= 11 is 0. The molecule has 13 heavy (non-hydrogen) atoms. The number of aryl methyl sites for hydroxylation is 1. The molecule has 1 aliphatic heterocycles. The maximum atomic E-state index is 5.53. The molecule has 0 spiro atoms. The van der Waals surface area contributed by atoms with Crippen LogP contribution in [0.3, 0.4) is 0 Å². The van der Waals surface area contributed by atoms with Crippen LogP contribution in [0.4, 0.5) is 0 Å². The molecule has 0 saturated carbocycles. The van der Waals surface area contributed by atoms with E-state index < -0.39 is 0 Å². The Morgan fingerprint density at radius 1 is 1.31 bits per heavy atom. The first-order valence-electron chi connectivity index (χ1n) is 4.60. The highest BCUT2D eigenvalue weighted by Gasteiger charge is 2.34. The van der Waals surface area contributed by atoms with Gasteiger partial charge in [0.2, 0.25) is 0 Å². The van der Waals surface area contributed by atoms with Crippen molar-refractivity contribution in [1.29, 1.82) is 0 Å². The van der Waals surface area contributed by atoms with E-state index in [1.165, 1.54) is 5.56 Å². The van der Waals surface area contributed by atoms with Crippen molar-refractivity contribution in [3.8, 4) is 5.75 Å². The van der Waals surface area contributed by atoms with Crippen molar-refractivity contribution in [2.24, 2.45) is 0 Å². The third-order valence-corrected chi connectivity index (χ3v) is 2.27. The molecule has 1 saturated heterocycles. The lowest BCUT2D eigenvalue weighted by molar-refractivity contribution is 0.261. The molecule has 0 bridgehead atoms. The molecule has 2 nitrogen and oxygen atoms in total. The first-order valence-corrected chi connectivity index (χ1v) is 4.60. The standard InChI is InChI=1S/C11H14O2/c1-8-3-5-10(6-4-8)12-7-11-9(2)13-11/h3-6,9,11H,7H2,1-2H3/t9-,11-/m0/s1.